The molecule has 3 atom stereocenters. The molecule has 1 aliphatic carbocycles. The van der Waals surface area contributed by atoms with Gasteiger partial charge < -0.3 is 15.8 Å². The van der Waals surface area contributed by atoms with Crippen molar-refractivity contribution in [3.05, 3.63) is 24.0 Å². The fourth-order valence-corrected chi connectivity index (χ4v) is 2.04. The summed E-state index contributed by atoms with van der Waals surface area (Å²) in [5.41, 5.74) is 8.22. The molecule has 1 fully saturated rings. The molecular formula is C12H19N3O. The molecule has 1 aromatic heterocycles. The van der Waals surface area contributed by atoms with Crippen molar-refractivity contribution in [1.29, 1.82) is 0 Å². The Balaban J connectivity index is 2.01. The zero-order valence-electron chi connectivity index (χ0n) is 9.81. The minimum absolute atomic E-state index is 0.184. The first-order chi connectivity index (χ1) is 7.72. The molecule has 0 radical (unpaired) electrons. The molecule has 0 aliphatic heterocycles. The highest BCUT2D eigenvalue weighted by Gasteiger charge is 2.39. The van der Waals surface area contributed by atoms with Crippen LogP contribution in [-0.2, 0) is 4.74 Å². The van der Waals surface area contributed by atoms with Crippen LogP contribution in [0.3, 0.4) is 0 Å². The summed E-state index contributed by atoms with van der Waals surface area (Å²) in [7, 11) is 0. The average molecular weight is 221 g/mol. The Labute approximate surface area is 96.2 Å². The first kappa shape index (κ1) is 11.4. The lowest BCUT2D eigenvalue weighted by Gasteiger charge is -2.43. The zero-order valence-corrected chi connectivity index (χ0v) is 9.81. The van der Waals surface area contributed by atoms with Gasteiger partial charge in [0.25, 0.3) is 0 Å². The Bertz CT molecular complexity index is 354. The summed E-state index contributed by atoms with van der Waals surface area (Å²) in [4.78, 5) is 4.07. The fourth-order valence-electron chi connectivity index (χ4n) is 2.04. The van der Waals surface area contributed by atoms with Crippen molar-refractivity contribution in [2.45, 2.75) is 38.5 Å². The zero-order chi connectivity index (χ0) is 11.5. The van der Waals surface area contributed by atoms with Crippen molar-refractivity contribution < 1.29 is 4.74 Å². The van der Waals surface area contributed by atoms with Crippen LogP contribution in [0, 0.1) is 6.92 Å². The van der Waals surface area contributed by atoms with Crippen molar-refractivity contribution >= 4 is 5.69 Å². The number of nitrogens with two attached hydrogens (primary N) is 1. The predicted octanol–water partition coefficient (Wildman–Crippen LogP) is 1.31. The van der Waals surface area contributed by atoms with E-state index in [1.165, 1.54) is 0 Å². The second kappa shape index (κ2) is 4.80. The molecule has 1 heterocycles. The van der Waals surface area contributed by atoms with E-state index in [1.54, 1.807) is 6.20 Å². The van der Waals surface area contributed by atoms with E-state index in [2.05, 4.69) is 10.3 Å². The molecular weight excluding hydrogens is 202 g/mol. The third-order valence-electron chi connectivity index (χ3n) is 3.09. The van der Waals surface area contributed by atoms with Gasteiger partial charge in [0.1, 0.15) is 0 Å². The van der Waals surface area contributed by atoms with Crippen LogP contribution < -0.4 is 11.1 Å². The number of rotatable bonds is 4. The Morgan fingerprint density at radius 1 is 1.62 bits per heavy atom. The average Bonchev–Trinajstić information content (AvgIpc) is 2.28. The minimum atomic E-state index is 0.184. The Morgan fingerprint density at radius 3 is 3.06 bits per heavy atom. The summed E-state index contributed by atoms with van der Waals surface area (Å²) in [6.45, 7) is 4.79. The summed E-state index contributed by atoms with van der Waals surface area (Å²) in [6, 6.07) is 2.38. The van der Waals surface area contributed by atoms with Gasteiger partial charge in [-0.15, -0.1) is 0 Å². The fraction of sp³-hybridized carbons (Fsp3) is 0.583. The number of nitrogens with one attached hydrogen (secondary N) is 1. The number of pyridine rings is 1. The lowest BCUT2D eigenvalue weighted by Crippen LogP contribution is -2.60. The molecule has 0 aromatic carbocycles. The first-order valence-corrected chi connectivity index (χ1v) is 5.76. The van der Waals surface area contributed by atoms with Gasteiger partial charge in [0.05, 0.1) is 12.1 Å². The van der Waals surface area contributed by atoms with Crippen LogP contribution in [0.4, 0.5) is 5.69 Å². The minimum Gasteiger partial charge on any atom is -0.378 e. The predicted molar refractivity (Wildman–Crippen MR) is 64.4 cm³/mol. The lowest BCUT2D eigenvalue weighted by molar-refractivity contribution is -0.0126. The van der Waals surface area contributed by atoms with Crippen molar-refractivity contribution in [2.24, 2.45) is 5.73 Å². The summed E-state index contributed by atoms with van der Waals surface area (Å²) in [5, 5.41) is 3.44. The highest BCUT2D eigenvalue weighted by Crippen LogP contribution is 2.27. The summed E-state index contributed by atoms with van der Waals surface area (Å²) >= 11 is 0. The number of hydrogen-bond donors (Lipinski definition) is 2. The highest BCUT2D eigenvalue weighted by atomic mass is 16.5. The van der Waals surface area contributed by atoms with E-state index in [0.29, 0.717) is 0 Å². The van der Waals surface area contributed by atoms with Crippen LogP contribution in [0.1, 0.15) is 18.9 Å². The molecule has 1 aliphatic rings. The van der Waals surface area contributed by atoms with E-state index in [0.717, 1.165) is 24.3 Å². The van der Waals surface area contributed by atoms with E-state index >= 15 is 0 Å². The van der Waals surface area contributed by atoms with Crippen molar-refractivity contribution in [2.75, 3.05) is 11.9 Å². The monoisotopic (exact) mass is 221 g/mol. The molecule has 0 bridgehead atoms. The molecule has 88 valence electrons. The third-order valence-corrected chi connectivity index (χ3v) is 3.09. The number of aromatic nitrogens is 1. The first-order valence-electron chi connectivity index (χ1n) is 5.76. The summed E-state index contributed by atoms with van der Waals surface area (Å²) < 4.78 is 5.61. The number of ether oxygens (including phenoxy) is 1. The van der Waals surface area contributed by atoms with Gasteiger partial charge in [0.2, 0.25) is 0 Å². The number of nitrogens with zero attached hydrogens (tertiary/aromatic N) is 1. The second-order valence-corrected chi connectivity index (χ2v) is 4.25. The van der Waals surface area contributed by atoms with Gasteiger partial charge in [0, 0.05) is 30.7 Å². The van der Waals surface area contributed by atoms with Crippen molar-refractivity contribution in [3.8, 4) is 0 Å². The van der Waals surface area contributed by atoms with Gasteiger partial charge in [-0.1, -0.05) is 0 Å². The van der Waals surface area contributed by atoms with Crippen molar-refractivity contribution in [1.82, 2.24) is 4.98 Å². The van der Waals surface area contributed by atoms with Gasteiger partial charge >= 0.3 is 0 Å². The van der Waals surface area contributed by atoms with E-state index < -0.39 is 0 Å². The van der Waals surface area contributed by atoms with Crippen LogP contribution in [0.25, 0.3) is 0 Å². The number of hydrogen-bond acceptors (Lipinski definition) is 4. The topological polar surface area (TPSA) is 60.2 Å². The number of aryl methyl sites for hydroxylation is 1. The molecule has 0 saturated heterocycles. The van der Waals surface area contributed by atoms with Crippen molar-refractivity contribution in [3.63, 3.8) is 0 Å². The quantitative estimate of drug-likeness (QED) is 0.804. The maximum atomic E-state index is 5.98. The summed E-state index contributed by atoms with van der Waals surface area (Å²) in [6.07, 6.45) is 4.82. The maximum absolute atomic E-state index is 5.98. The van der Waals surface area contributed by atoms with E-state index in [-0.39, 0.29) is 18.2 Å². The SMILES string of the molecule is CCOC1CC(N)C1Nc1ccncc1C. The summed E-state index contributed by atoms with van der Waals surface area (Å²) in [5.74, 6) is 0. The molecule has 3 N–H and O–H groups in total. The Kier molecular flexibility index (Phi) is 3.41. The molecule has 16 heavy (non-hydrogen) atoms. The molecule has 0 amide bonds. The molecule has 4 nitrogen and oxygen atoms in total. The van der Waals surface area contributed by atoms with Gasteiger partial charge in [-0.2, -0.15) is 0 Å². The molecule has 3 unspecified atom stereocenters. The van der Waals surface area contributed by atoms with Gasteiger partial charge in [-0.25, -0.2) is 0 Å². The van der Waals surface area contributed by atoms with Gasteiger partial charge in [-0.3, -0.25) is 4.98 Å². The maximum Gasteiger partial charge on any atom is 0.0806 e. The van der Waals surface area contributed by atoms with Crippen LogP contribution in [0.2, 0.25) is 0 Å². The highest BCUT2D eigenvalue weighted by molar-refractivity contribution is 5.50. The lowest BCUT2D eigenvalue weighted by atomic mass is 9.83. The largest absolute Gasteiger partial charge is 0.378 e. The van der Waals surface area contributed by atoms with Crippen LogP contribution in [0.5, 0.6) is 0 Å². The Hall–Kier alpha value is -1.13. The number of anilines is 1. The van der Waals surface area contributed by atoms with Crippen LogP contribution in [-0.4, -0.2) is 29.8 Å². The molecule has 4 heteroatoms. The smallest absolute Gasteiger partial charge is 0.0806 e. The van der Waals surface area contributed by atoms with Crippen LogP contribution in [0.15, 0.2) is 18.5 Å². The second-order valence-electron chi connectivity index (χ2n) is 4.25. The molecule has 0 spiro atoms. The van der Waals surface area contributed by atoms with Gasteiger partial charge in [0.15, 0.2) is 0 Å². The van der Waals surface area contributed by atoms with Crippen LogP contribution >= 0.6 is 0 Å². The Morgan fingerprint density at radius 2 is 2.44 bits per heavy atom. The molecule has 2 rings (SSSR count). The van der Waals surface area contributed by atoms with E-state index in [9.17, 15) is 0 Å². The van der Waals surface area contributed by atoms with E-state index in [4.69, 9.17) is 10.5 Å². The molecule has 1 saturated carbocycles. The van der Waals surface area contributed by atoms with E-state index in [1.807, 2.05) is 26.1 Å². The normalized spacial score (nSPS) is 28.6. The standard InChI is InChI=1S/C12H19N3O/c1-3-16-11-6-9(13)12(11)15-10-4-5-14-7-8(10)2/h4-5,7,9,11-12H,3,6,13H2,1-2H3,(H,14,15). The molecule has 1 aromatic rings. The van der Waals surface area contributed by atoms with Gasteiger partial charge in [-0.05, 0) is 31.9 Å². The third kappa shape index (κ3) is 2.18.